The highest BCUT2D eigenvalue weighted by molar-refractivity contribution is 9.10. The second-order valence-corrected chi connectivity index (χ2v) is 4.73. The Morgan fingerprint density at radius 3 is 2.83 bits per heavy atom. The lowest BCUT2D eigenvalue weighted by molar-refractivity contribution is 0.0945. The largest absolute Gasteiger partial charge is 0.409 e. The summed E-state index contributed by atoms with van der Waals surface area (Å²) in [6.45, 7) is 3.69. The Hall–Kier alpha value is -1.56. The first-order valence-corrected chi connectivity index (χ1v) is 6.34. The summed E-state index contributed by atoms with van der Waals surface area (Å²) in [4.78, 5) is 12.1. The van der Waals surface area contributed by atoms with Crippen LogP contribution in [0.3, 0.4) is 0 Å². The molecule has 1 atom stereocenters. The molecule has 0 aliphatic heterocycles. The lowest BCUT2D eigenvalue weighted by Crippen LogP contribution is -2.44. The van der Waals surface area contributed by atoms with Crippen molar-refractivity contribution >= 4 is 27.7 Å². The maximum absolute atomic E-state index is 12.1. The van der Waals surface area contributed by atoms with Crippen LogP contribution >= 0.6 is 15.9 Å². The van der Waals surface area contributed by atoms with Crippen LogP contribution in [0.5, 0.6) is 0 Å². The van der Waals surface area contributed by atoms with Gasteiger partial charge in [0.2, 0.25) is 0 Å². The molecule has 0 aliphatic carbocycles. The minimum atomic E-state index is -0.471. The molecule has 5 nitrogen and oxygen atoms in total. The summed E-state index contributed by atoms with van der Waals surface area (Å²) in [7, 11) is 0. The van der Waals surface area contributed by atoms with Crippen molar-refractivity contribution in [2.24, 2.45) is 10.9 Å². The zero-order valence-electron chi connectivity index (χ0n) is 10.3. The quantitative estimate of drug-likeness (QED) is 0.344. The molecule has 0 spiro atoms. The van der Waals surface area contributed by atoms with E-state index in [0.29, 0.717) is 12.0 Å². The van der Waals surface area contributed by atoms with E-state index in [2.05, 4.69) is 26.4 Å². The highest BCUT2D eigenvalue weighted by Crippen LogP contribution is 2.19. The van der Waals surface area contributed by atoms with Gasteiger partial charge in [0.05, 0.1) is 6.04 Å². The fourth-order valence-corrected chi connectivity index (χ4v) is 1.91. The predicted octanol–water partition coefficient (Wildman–Crippen LogP) is 2.01. The smallest absolute Gasteiger partial charge is 0.252 e. The second kappa shape index (κ2) is 6.39. The number of nitrogens with two attached hydrogens (primary N) is 1. The number of amidine groups is 1. The molecule has 0 saturated heterocycles. The minimum absolute atomic E-state index is 0.00139. The van der Waals surface area contributed by atoms with Crippen molar-refractivity contribution < 1.29 is 10.0 Å². The van der Waals surface area contributed by atoms with Crippen LogP contribution < -0.4 is 11.1 Å². The molecule has 1 amide bonds. The first-order valence-electron chi connectivity index (χ1n) is 5.54. The van der Waals surface area contributed by atoms with Gasteiger partial charge >= 0.3 is 0 Å². The van der Waals surface area contributed by atoms with Crippen molar-refractivity contribution in [2.75, 3.05) is 0 Å². The average Bonchev–Trinajstić information content (AvgIpc) is 2.37. The number of amides is 1. The summed E-state index contributed by atoms with van der Waals surface area (Å²) in [5.41, 5.74) is 6.91. The Kier molecular flexibility index (Phi) is 5.15. The number of carbonyl (C=O) groups is 1. The van der Waals surface area contributed by atoms with E-state index in [-0.39, 0.29) is 11.7 Å². The van der Waals surface area contributed by atoms with Crippen LogP contribution in [0.15, 0.2) is 27.8 Å². The highest BCUT2D eigenvalue weighted by atomic mass is 79.9. The van der Waals surface area contributed by atoms with Crippen LogP contribution in [-0.4, -0.2) is 23.0 Å². The number of oxime groups is 1. The molecular formula is C12H16BrN3O2. The van der Waals surface area contributed by atoms with Gasteiger partial charge in [-0.3, -0.25) is 4.79 Å². The van der Waals surface area contributed by atoms with Crippen molar-refractivity contribution in [1.29, 1.82) is 0 Å². The van der Waals surface area contributed by atoms with Gasteiger partial charge in [-0.15, -0.1) is 0 Å². The standard InChI is InChI=1S/C12H16BrN3O2/c1-3-10(11(14)16-18)15-12(17)8-5-4-6-9(13)7(8)2/h4-6,10,18H,3H2,1-2H3,(H2,14,16)(H,15,17). The van der Waals surface area contributed by atoms with Gasteiger partial charge in [0, 0.05) is 10.0 Å². The number of halogens is 1. The molecule has 0 aromatic heterocycles. The fraction of sp³-hybridized carbons (Fsp3) is 0.333. The van der Waals surface area contributed by atoms with Crippen molar-refractivity contribution in [3.05, 3.63) is 33.8 Å². The number of hydrogen-bond acceptors (Lipinski definition) is 3. The van der Waals surface area contributed by atoms with Crippen LogP contribution in [0.2, 0.25) is 0 Å². The molecule has 18 heavy (non-hydrogen) atoms. The monoisotopic (exact) mass is 313 g/mol. The molecule has 0 heterocycles. The number of hydrogen-bond donors (Lipinski definition) is 3. The normalized spacial score (nSPS) is 13.2. The number of nitrogens with zero attached hydrogens (tertiary/aromatic N) is 1. The second-order valence-electron chi connectivity index (χ2n) is 3.87. The third kappa shape index (κ3) is 3.22. The topological polar surface area (TPSA) is 87.7 Å². The van der Waals surface area contributed by atoms with E-state index in [9.17, 15) is 4.79 Å². The predicted molar refractivity (Wildman–Crippen MR) is 73.8 cm³/mol. The van der Waals surface area contributed by atoms with E-state index in [0.717, 1.165) is 10.0 Å². The van der Waals surface area contributed by atoms with Crippen LogP contribution in [0, 0.1) is 6.92 Å². The van der Waals surface area contributed by atoms with Gasteiger partial charge in [0.15, 0.2) is 5.84 Å². The van der Waals surface area contributed by atoms with Crippen molar-refractivity contribution in [2.45, 2.75) is 26.3 Å². The van der Waals surface area contributed by atoms with Crippen molar-refractivity contribution in [3.63, 3.8) is 0 Å². The van der Waals surface area contributed by atoms with Gasteiger partial charge in [-0.25, -0.2) is 0 Å². The molecule has 0 radical (unpaired) electrons. The summed E-state index contributed by atoms with van der Waals surface area (Å²) in [5.74, 6) is -0.245. The number of carbonyl (C=O) groups excluding carboxylic acids is 1. The fourth-order valence-electron chi connectivity index (χ4n) is 1.54. The summed E-state index contributed by atoms with van der Waals surface area (Å²) >= 11 is 3.37. The zero-order valence-corrected chi connectivity index (χ0v) is 11.9. The maximum atomic E-state index is 12.1. The number of rotatable bonds is 4. The third-order valence-electron chi connectivity index (χ3n) is 2.70. The van der Waals surface area contributed by atoms with Crippen molar-refractivity contribution in [3.8, 4) is 0 Å². The molecule has 1 rings (SSSR count). The van der Waals surface area contributed by atoms with Crippen LogP contribution in [0.4, 0.5) is 0 Å². The molecular weight excluding hydrogens is 298 g/mol. The van der Waals surface area contributed by atoms with Gasteiger partial charge in [-0.05, 0) is 31.0 Å². The number of nitrogens with one attached hydrogen (secondary N) is 1. The zero-order chi connectivity index (χ0) is 13.7. The molecule has 0 aliphatic rings. The summed E-state index contributed by atoms with van der Waals surface area (Å²) in [6.07, 6.45) is 0.550. The van der Waals surface area contributed by atoms with Crippen LogP contribution in [0.25, 0.3) is 0 Å². The third-order valence-corrected chi connectivity index (χ3v) is 3.56. The summed E-state index contributed by atoms with van der Waals surface area (Å²) < 4.78 is 0.868. The molecule has 0 fully saturated rings. The Balaban J connectivity index is 2.91. The molecule has 98 valence electrons. The highest BCUT2D eigenvalue weighted by Gasteiger charge is 2.17. The molecule has 1 aromatic rings. The van der Waals surface area contributed by atoms with Gasteiger partial charge in [0.25, 0.3) is 5.91 Å². The first-order chi connectivity index (χ1) is 8.51. The Bertz CT molecular complexity index is 474. The molecule has 6 heteroatoms. The van der Waals surface area contributed by atoms with E-state index in [1.54, 1.807) is 12.1 Å². The van der Waals surface area contributed by atoms with Gasteiger partial charge < -0.3 is 16.3 Å². The molecule has 1 unspecified atom stereocenters. The van der Waals surface area contributed by atoms with E-state index < -0.39 is 6.04 Å². The first kappa shape index (κ1) is 14.5. The average molecular weight is 314 g/mol. The van der Waals surface area contributed by atoms with Crippen LogP contribution in [-0.2, 0) is 0 Å². The van der Waals surface area contributed by atoms with Gasteiger partial charge in [0.1, 0.15) is 0 Å². The molecule has 1 aromatic carbocycles. The van der Waals surface area contributed by atoms with E-state index in [1.165, 1.54) is 0 Å². The Morgan fingerprint density at radius 1 is 1.61 bits per heavy atom. The minimum Gasteiger partial charge on any atom is -0.409 e. The molecule has 0 saturated carbocycles. The summed E-state index contributed by atoms with van der Waals surface area (Å²) in [6, 6.07) is 4.92. The lowest BCUT2D eigenvalue weighted by Gasteiger charge is -2.16. The van der Waals surface area contributed by atoms with Gasteiger partial charge in [-0.1, -0.05) is 34.1 Å². The van der Waals surface area contributed by atoms with E-state index in [4.69, 9.17) is 10.9 Å². The summed E-state index contributed by atoms with van der Waals surface area (Å²) in [5, 5.41) is 14.3. The maximum Gasteiger partial charge on any atom is 0.252 e. The molecule has 0 bridgehead atoms. The van der Waals surface area contributed by atoms with E-state index in [1.807, 2.05) is 19.9 Å². The number of benzene rings is 1. The Labute approximate surface area is 114 Å². The van der Waals surface area contributed by atoms with Crippen molar-refractivity contribution in [1.82, 2.24) is 5.32 Å². The Morgan fingerprint density at radius 2 is 2.28 bits per heavy atom. The van der Waals surface area contributed by atoms with E-state index >= 15 is 0 Å². The lowest BCUT2D eigenvalue weighted by atomic mass is 10.1. The van der Waals surface area contributed by atoms with Crippen LogP contribution in [0.1, 0.15) is 29.3 Å². The molecule has 4 N–H and O–H groups in total. The van der Waals surface area contributed by atoms with Gasteiger partial charge in [-0.2, -0.15) is 0 Å². The SMILES string of the molecule is CCC(NC(=O)c1cccc(Br)c1C)C(N)=NO.